The third kappa shape index (κ3) is 3.75. The molecule has 0 amide bonds. The SMILES string of the molecule is Oc1c(Cc2ccccc2)ccc2ccc(C#CCc3ccc4c(c3)CCO4)cc12. The maximum absolute atomic E-state index is 10.9. The van der Waals surface area contributed by atoms with Gasteiger partial charge in [0.25, 0.3) is 0 Å². The van der Waals surface area contributed by atoms with Gasteiger partial charge in [-0.15, -0.1) is 0 Å². The molecule has 2 nitrogen and oxygen atoms in total. The van der Waals surface area contributed by atoms with E-state index in [-0.39, 0.29) is 0 Å². The van der Waals surface area contributed by atoms with Crippen molar-refractivity contribution >= 4 is 10.8 Å². The molecule has 0 aliphatic carbocycles. The van der Waals surface area contributed by atoms with Gasteiger partial charge in [0.05, 0.1) is 6.61 Å². The van der Waals surface area contributed by atoms with Crippen LogP contribution in [-0.2, 0) is 19.3 Å². The van der Waals surface area contributed by atoms with E-state index in [1.807, 2.05) is 48.5 Å². The first-order valence-electron chi connectivity index (χ1n) is 10.3. The maximum atomic E-state index is 10.9. The van der Waals surface area contributed by atoms with Crippen molar-refractivity contribution in [3.63, 3.8) is 0 Å². The van der Waals surface area contributed by atoms with E-state index in [4.69, 9.17) is 4.74 Å². The predicted octanol–water partition coefficient (Wildman–Crippen LogP) is 5.67. The molecule has 0 radical (unpaired) electrons. The van der Waals surface area contributed by atoms with Gasteiger partial charge in [0.2, 0.25) is 0 Å². The Morgan fingerprint density at radius 2 is 1.73 bits per heavy atom. The standard InChI is InChI=1S/C28H22O2/c29-28-25(18-20-5-2-1-3-6-20)13-12-23-11-9-22(19-26(23)28)8-4-7-21-10-14-27-24(17-21)15-16-30-27/h1-3,5-6,9-14,17,19,29H,7,15-16,18H2. The van der Waals surface area contributed by atoms with Crippen molar-refractivity contribution in [2.24, 2.45) is 0 Å². The van der Waals surface area contributed by atoms with Crippen molar-refractivity contribution in [3.05, 3.63) is 107 Å². The Kier molecular flexibility index (Phi) is 4.87. The molecule has 0 unspecified atom stereocenters. The van der Waals surface area contributed by atoms with Crippen molar-refractivity contribution < 1.29 is 9.84 Å². The normalized spacial score (nSPS) is 12.1. The second kappa shape index (κ2) is 7.97. The van der Waals surface area contributed by atoms with E-state index in [0.29, 0.717) is 18.6 Å². The Morgan fingerprint density at radius 3 is 2.63 bits per heavy atom. The van der Waals surface area contributed by atoms with Crippen molar-refractivity contribution in [2.45, 2.75) is 19.3 Å². The van der Waals surface area contributed by atoms with Crippen LogP contribution in [-0.4, -0.2) is 11.7 Å². The molecule has 146 valence electrons. The van der Waals surface area contributed by atoms with Gasteiger partial charge in [0, 0.05) is 30.2 Å². The molecule has 1 N–H and O–H groups in total. The van der Waals surface area contributed by atoms with Crippen LogP contribution < -0.4 is 4.74 Å². The molecular formula is C28H22O2. The van der Waals surface area contributed by atoms with Gasteiger partial charge in [0.1, 0.15) is 11.5 Å². The lowest BCUT2D eigenvalue weighted by Gasteiger charge is -2.09. The van der Waals surface area contributed by atoms with Crippen LogP contribution in [0.1, 0.15) is 27.8 Å². The highest BCUT2D eigenvalue weighted by Gasteiger charge is 2.11. The molecule has 4 aromatic rings. The molecule has 5 rings (SSSR count). The van der Waals surface area contributed by atoms with Crippen LogP contribution >= 0.6 is 0 Å². The van der Waals surface area contributed by atoms with Crippen molar-refractivity contribution in [3.8, 4) is 23.3 Å². The zero-order valence-electron chi connectivity index (χ0n) is 16.7. The first-order valence-corrected chi connectivity index (χ1v) is 10.3. The third-order valence-electron chi connectivity index (χ3n) is 5.59. The average Bonchev–Trinajstić information content (AvgIpc) is 3.25. The summed E-state index contributed by atoms with van der Waals surface area (Å²) in [5.74, 6) is 7.88. The predicted molar refractivity (Wildman–Crippen MR) is 121 cm³/mol. The number of phenolic OH excluding ortho intramolecular Hbond substituents is 1. The van der Waals surface area contributed by atoms with Crippen LogP contribution in [0.5, 0.6) is 11.5 Å². The zero-order chi connectivity index (χ0) is 20.3. The molecule has 1 aliphatic heterocycles. The van der Waals surface area contributed by atoms with E-state index >= 15 is 0 Å². The highest BCUT2D eigenvalue weighted by molar-refractivity contribution is 5.90. The fourth-order valence-corrected chi connectivity index (χ4v) is 3.98. The Balaban J connectivity index is 1.39. The summed E-state index contributed by atoms with van der Waals surface area (Å²) >= 11 is 0. The molecule has 0 saturated carbocycles. The van der Waals surface area contributed by atoms with Crippen LogP contribution in [0.2, 0.25) is 0 Å². The van der Waals surface area contributed by atoms with Crippen LogP contribution in [0.4, 0.5) is 0 Å². The monoisotopic (exact) mass is 390 g/mol. The lowest BCUT2D eigenvalue weighted by molar-refractivity contribution is 0.357. The first-order chi connectivity index (χ1) is 14.8. The minimum absolute atomic E-state index is 0.346. The van der Waals surface area contributed by atoms with Crippen molar-refractivity contribution in [2.75, 3.05) is 6.61 Å². The molecule has 2 heteroatoms. The molecule has 0 spiro atoms. The van der Waals surface area contributed by atoms with E-state index in [9.17, 15) is 5.11 Å². The van der Waals surface area contributed by atoms with E-state index in [1.165, 1.54) is 16.7 Å². The van der Waals surface area contributed by atoms with Gasteiger partial charge in [-0.3, -0.25) is 0 Å². The summed E-state index contributed by atoms with van der Waals surface area (Å²) in [7, 11) is 0. The smallest absolute Gasteiger partial charge is 0.126 e. The lowest BCUT2D eigenvalue weighted by Crippen LogP contribution is -1.90. The quantitative estimate of drug-likeness (QED) is 0.457. The number of aromatic hydroxyl groups is 1. The number of fused-ring (bicyclic) bond motifs is 2. The Morgan fingerprint density at radius 1 is 0.867 bits per heavy atom. The topological polar surface area (TPSA) is 29.5 Å². The van der Waals surface area contributed by atoms with Crippen LogP contribution in [0.25, 0.3) is 10.8 Å². The molecule has 0 bridgehead atoms. The summed E-state index contributed by atoms with van der Waals surface area (Å²) in [6.45, 7) is 0.775. The first kappa shape index (κ1) is 18.3. The van der Waals surface area contributed by atoms with Crippen LogP contribution in [0, 0.1) is 11.8 Å². The molecule has 0 atom stereocenters. The number of ether oxygens (including phenoxy) is 1. The summed E-state index contributed by atoms with van der Waals surface area (Å²) in [4.78, 5) is 0. The van der Waals surface area contributed by atoms with Gasteiger partial charge in [-0.2, -0.15) is 0 Å². The molecule has 30 heavy (non-hydrogen) atoms. The zero-order valence-corrected chi connectivity index (χ0v) is 16.7. The van der Waals surface area contributed by atoms with Crippen LogP contribution in [0.3, 0.4) is 0 Å². The van der Waals surface area contributed by atoms with E-state index < -0.39 is 0 Å². The molecule has 1 aliphatic rings. The summed E-state index contributed by atoms with van der Waals surface area (Å²) in [5, 5.41) is 12.7. The molecular weight excluding hydrogens is 368 g/mol. The fourth-order valence-electron chi connectivity index (χ4n) is 3.98. The van der Waals surface area contributed by atoms with Gasteiger partial charge < -0.3 is 9.84 Å². The Hall–Kier alpha value is -3.70. The van der Waals surface area contributed by atoms with Gasteiger partial charge in [0.15, 0.2) is 0 Å². The lowest BCUT2D eigenvalue weighted by atomic mass is 9.98. The van der Waals surface area contributed by atoms with E-state index in [1.54, 1.807) is 0 Å². The minimum atomic E-state index is 0.346. The molecule has 0 saturated heterocycles. The van der Waals surface area contributed by atoms with E-state index in [0.717, 1.165) is 40.7 Å². The number of rotatable bonds is 3. The molecule has 1 heterocycles. The largest absolute Gasteiger partial charge is 0.507 e. The third-order valence-corrected chi connectivity index (χ3v) is 5.59. The molecule has 0 aromatic heterocycles. The van der Waals surface area contributed by atoms with Crippen molar-refractivity contribution in [1.29, 1.82) is 0 Å². The molecule has 4 aromatic carbocycles. The Labute approximate surface area is 176 Å². The van der Waals surface area contributed by atoms with E-state index in [2.05, 4.69) is 42.2 Å². The number of benzene rings is 4. The van der Waals surface area contributed by atoms with Crippen LogP contribution in [0.15, 0.2) is 78.9 Å². The second-order valence-electron chi connectivity index (χ2n) is 7.69. The minimum Gasteiger partial charge on any atom is -0.507 e. The van der Waals surface area contributed by atoms with Gasteiger partial charge >= 0.3 is 0 Å². The number of hydrogen-bond donors (Lipinski definition) is 1. The summed E-state index contributed by atoms with van der Waals surface area (Å²) < 4.78 is 5.57. The van der Waals surface area contributed by atoms with Gasteiger partial charge in [-0.1, -0.05) is 72.5 Å². The maximum Gasteiger partial charge on any atom is 0.126 e. The highest BCUT2D eigenvalue weighted by Crippen LogP contribution is 2.31. The van der Waals surface area contributed by atoms with Crippen molar-refractivity contribution in [1.82, 2.24) is 0 Å². The summed E-state index contributed by atoms with van der Waals surface area (Å²) in [6, 6.07) is 26.6. The fraction of sp³-hybridized carbons (Fsp3) is 0.143. The number of hydrogen-bond acceptors (Lipinski definition) is 2. The number of phenols is 1. The summed E-state index contributed by atoms with van der Waals surface area (Å²) in [6.07, 6.45) is 2.39. The average molecular weight is 390 g/mol. The highest BCUT2D eigenvalue weighted by atomic mass is 16.5. The Bertz CT molecular complexity index is 1280. The van der Waals surface area contributed by atoms with Gasteiger partial charge in [-0.05, 0) is 45.8 Å². The second-order valence-corrected chi connectivity index (χ2v) is 7.69. The molecule has 0 fully saturated rings. The summed E-state index contributed by atoms with van der Waals surface area (Å²) in [5.41, 5.74) is 5.51. The van der Waals surface area contributed by atoms with Gasteiger partial charge in [-0.25, -0.2) is 0 Å².